The average molecular weight is 277 g/mol. The highest BCUT2D eigenvalue weighted by Crippen LogP contribution is 2.18. The summed E-state index contributed by atoms with van der Waals surface area (Å²) in [5, 5.41) is 0. The fourth-order valence-corrected chi connectivity index (χ4v) is 1.37. The van der Waals surface area contributed by atoms with Crippen LogP contribution < -0.4 is 17.0 Å². The van der Waals surface area contributed by atoms with Gasteiger partial charge in [-0.15, -0.1) is 0 Å². The average Bonchev–Trinajstić information content (AvgIpc) is 2.06. The van der Waals surface area contributed by atoms with Gasteiger partial charge in [0.1, 0.15) is 0 Å². The standard InChI is InChI=1S/C8H12IN3/c1-3-7(6(2)12-11)8(9)4-5-10/h3-5,12H,1-2,10-11H2/b5-4-,8-7+. The van der Waals surface area contributed by atoms with Crippen LogP contribution in [0.25, 0.3) is 0 Å². The third-order valence-corrected chi connectivity index (χ3v) is 2.14. The van der Waals surface area contributed by atoms with Crippen molar-refractivity contribution >= 4 is 22.6 Å². The monoisotopic (exact) mass is 277 g/mol. The van der Waals surface area contributed by atoms with E-state index < -0.39 is 0 Å². The van der Waals surface area contributed by atoms with E-state index in [1.54, 1.807) is 12.2 Å². The fourth-order valence-electron chi connectivity index (χ4n) is 0.617. The van der Waals surface area contributed by atoms with Gasteiger partial charge in [-0.3, -0.25) is 5.84 Å². The van der Waals surface area contributed by atoms with Crippen molar-refractivity contribution < 1.29 is 0 Å². The Morgan fingerprint density at radius 3 is 2.42 bits per heavy atom. The molecule has 0 aromatic carbocycles. The van der Waals surface area contributed by atoms with E-state index in [1.807, 2.05) is 0 Å². The molecule has 0 amide bonds. The maximum absolute atomic E-state index is 5.23. The molecule has 4 heteroatoms. The lowest BCUT2D eigenvalue weighted by Gasteiger charge is -2.06. The molecule has 0 atom stereocenters. The largest absolute Gasteiger partial charge is 0.405 e. The minimum Gasteiger partial charge on any atom is -0.405 e. The van der Waals surface area contributed by atoms with Crippen molar-refractivity contribution in [3.8, 4) is 0 Å². The van der Waals surface area contributed by atoms with E-state index in [9.17, 15) is 0 Å². The van der Waals surface area contributed by atoms with Gasteiger partial charge in [0.25, 0.3) is 0 Å². The van der Waals surface area contributed by atoms with E-state index >= 15 is 0 Å². The molecule has 12 heavy (non-hydrogen) atoms. The molecule has 0 saturated heterocycles. The third-order valence-electron chi connectivity index (χ3n) is 1.20. The maximum Gasteiger partial charge on any atom is 0.0496 e. The molecule has 0 fully saturated rings. The van der Waals surface area contributed by atoms with Crippen LogP contribution in [0.3, 0.4) is 0 Å². The highest BCUT2D eigenvalue weighted by atomic mass is 127. The first-order valence-electron chi connectivity index (χ1n) is 3.23. The van der Waals surface area contributed by atoms with Crippen molar-refractivity contribution in [1.29, 1.82) is 0 Å². The minimum atomic E-state index is 0.618. The van der Waals surface area contributed by atoms with Crippen molar-refractivity contribution in [2.75, 3.05) is 0 Å². The highest BCUT2D eigenvalue weighted by molar-refractivity contribution is 14.1. The molecule has 0 unspecified atom stereocenters. The van der Waals surface area contributed by atoms with Gasteiger partial charge in [0, 0.05) is 14.8 Å². The SMILES string of the molecule is C=C/C(C(=C)NN)=C(I)/C=C\N. The molecule has 0 aliphatic rings. The normalized spacial score (nSPS) is 12.5. The van der Waals surface area contributed by atoms with Gasteiger partial charge in [-0.25, -0.2) is 0 Å². The number of nitrogens with two attached hydrogens (primary N) is 2. The number of halogens is 1. The Hall–Kier alpha value is -0.750. The number of hydrogen-bond acceptors (Lipinski definition) is 3. The number of nitrogens with one attached hydrogen (secondary N) is 1. The Balaban J connectivity index is 4.85. The second kappa shape index (κ2) is 5.84. The molecule has 0 heterocycles. The predicted molar refractivity (Wildman–Crippen MR) is 61.0 cm³/mol. The Morgan fingerprint density at radius 2 is 2.08 bits per heavy atom. The van der Waals surface area contributed by atoms with Gasteiger partial charge in [0.05, 0.1) is 0 Å². The van der Waals surface area contributed by atoms with Crippen LogP contribution in [0.4, 0.5) is 0 Å². The van der Waals surface area contributed by atoms with E-state index in [1.165, 1.54) is 6.20 Å². The molecule has 0 spiro atoms. The van der Waals surface area contributed by atoms with E-state index in [0.717, 1.165) is 9.15 Å². The third kappa shape index (κ3) is 3.10. The molecule has 0 aromatic heterocycles. The Labute approximate surface area is 86.0 Å². The van der Waals surface area contributed by atoms with Crippen LogP contribution in [-0.2, 0) is 0 Å². The van der Waals surface area contributed by atoms with Crippen LogP contribution in [0.15, 0.2) is 46.4 Å². The van der Waals surface area contributed by atoms with Crippen LogP contribution >= 0.6 is 22.6 Å². The van der Waals surface area contributed by atoms with Crippen LogP contribution in [0.2, 0.25) is 0 Å². The number of allylic oxidation sites excluding steroid dienone is 3. The van der Waals surface area contributed by atoms with Crippen molar-refractivity contribution in [2.24, 2.45) is 11.6 Å². The van der Waals surface area contributed by atoms with Crippen molar-refractivity contribution in [3.05, 3.63) is 46.4 Å². The molecule has 0 aromatic rings. The van der Waals surface area contributed by atoms with E-state index in [-0.39, 0.29) is 0 Å². The van der Waals surface area contributed by atoms with Gasteiger partial charge in [-0.2, -0.15) is 0 Å². The quantitative estimate of drug-likeness (QED) is 0.314. The zero-order valence-corrected chi connectivity index (χ0v) is 8.84. The summed E-state index contributed by atoms with van der Waals surface area (Å²) in [6.07, 6.45) is 4.87. The van der Waals surface area contributed by atoms with Gasteiger partial charge in [-0.1, -0.05) is 19.2 Å². The summed E-state index contributed by atoms with van der Waals surface area (Å²) >= 11 is 2.13. The maximum atomic E-state index is 5.23. The summed E-state index contributed by atoms with van der Waals surface area (Å²) in [6, 6.07) is 0. The lowest BCUT2D eigenvalue weighted by Crippen LogP contribution is -2.21. The van der Waals surface area contributed by atoms with Gasteiger partial charge in [0.2, 0.25) is 0 Å². The number of hydrogen-bond donors (Lipinski definition) is 3. The predicted octanol–water partition coefficient (Wildman–Crippen LogP) is 1.31. The summed E-state index contributed by atoms with van der Waals surface area (Å²) in [4.78, 5) is 0. The molecule has 5 N–H and O–H groups in total. The zero-order valence-electron chi connectivity index (χ0n) is 6.68. The molecule has 0 bridgehead atoms. The molecule has 0 saturated carbocycles. The molecule has 0 aliphatic heterocycles. The summed E-state index contributed by atoms with van der Waals surface area (Å²) in [7, 11) is 0. The molecule has 0 rings (SSSR count). The molecule has 0 aliphatic carbocycles. The Morgan fingerprint density at radius 1 is 1.50 bits per heavy atom. The number of rotatable bonds is 4. The zero-order chi connectivity index (χ0) is 9.56. The topological polar surface area (TPSA) is 64.1 Å². The smallest absolute Gasteiger partial charge is 0.0496 e. The first-order chi connectivity index (χ1) is 5.67. The second-order valence-electron chi connectivity index (χ2n) is 1.95. The second-order valence-corrected chi connectivity index (χ2v) is 3.11. The van der Waals surface area contributed by atoms with Crippen molar-refractivity contribution in [1.82, 2.24) is 5.43 Å². The first-order valence-corrected chi connectivity index (χ1v) is 4.31. The van der Waals surface area contributed by atoms with Gasteiger partial charge in [-0.05, 0) is 34.9 Å². The van der Waals surface area contributed by atoms with E-state index in [2.05, 4.69) is 41.2 Å². The lowest BCUT2D eigenvalue weighted by molar-refractivity contribution is 0.909. The summed E-state index contributed by atoms with van der Waals surface area (Å²) < 4.78 is 0.938. The lowest BCUT2D eigenvalue weighted by atomic mass is 10.2. The molecular weight excluding hydrogens is 265 g/mol. The molecular formula is C8H12IN3. The highest BCUT2D eigenvalue weighted by Gasteiger charge is 1.99. The van der Waals surface area contributed by atoms with Crippen LogP contribution in [0.1, 0.15) is 0 Å². The molecule has 0 radical (unpaired) electrons. The van der Waals surface area contributed by atoms with Crippen molar-refractivity contribution in [2.45, 2.75) is 0 Å². The van der Waals surface area contributed by atoms with Crippen LogP contribution in [0.5, 0.6) is 0 Å². The first kappa shape index (κ1) is 11.2. The van der Waals surface area contributed by atoms with Gasteiger partial charge in [0.15, 0.2) is 0 Å². The summed E-state index contributed by atoms with van der Waals surface area (Å²) in [5.74, 6) is 5.19. The van der Waals surface area contributed by atoms with Crippen molar-refractivity contribution in [3.63, 3.8) is 0 Å². The molecule has 3 nitrogen and oxygen atoms in total. The van der Waals surface area contributed by atoms with E-state index in [0.29, 0.717) is 5.70 Å². The Kier molecular flexibility index (Phi) is 5.48. The minimum absolute atomic E-state index is 0.618. The Bertz CT molecular complexity index is 241. The summed E-state index contributed by atoms with van der Waals surface area (Å²) in [6.45, 7) is 7.34. The van der Waals surface area contributed by atoms with Gasteiger partial charge < -0.3 is 11.2 Å². The molecule has 66 valence electrons. The van der Waals surface area contributed by atoms with Gasteiger partial charge >= 0.3 is 0 Å². The van der Waals surface area contributed by atoms with Crippen LogP contribution in [0, 0.1) is 0 Å². The fraction of sp³-hybridized carbons (Fsp3) is 0. The number of hydrazine groups is 1. The summed E-state index contributed by atoms with van der Waals surface area (Å²) in [5.41, 5.74) is 9.15. The van der Waals surface area contributed by atoms with E-state index in [4.69, 9.17) is 11.6 Å². The van der Waals surface area contributed by atoms with Crippen LogP contribution in [-0.4, -0.2) is 0 Å².